The van der Waals surface area contributed by atoms with Crippen LogP contribution in [0.2, 0.25) is 5.02 Å². The Hall–Kier alpha value is -1.83. The molecule has 0 aliphatic carbocycles. The second kappa shape index (κ2) is 7.09. The maximum absolute atomic E-state index is 8.70. The van der Waals surface area contributed by atoms with Crippen molar-refractivity contribution in [2.75, 3.05) is 18.1 Å². The van der Waals surface area contributed by atoms with Crippen molar-refractivity contribution in [1.82, 2.24) is 0 Å². The first-order valence-electron chi connectivity index (χ1n) is 6.00. The molecule has 3 nitrogen and oxygen atoms in total. The van der Waals surface area contributed by atoms with Crippen molar-refractivity contribution < 1.29 is 4.74 Å². The predicted octanol–water partition coefficient (Wildman–Crippen LogP) is 3.96. The lowest BCUT2D eigenvalue weighted by molar-refractivity contribution is 0.344. The molecule has 0 saturated heterocycles. The fourth-order valence-electron chi connectivity index (χ4n) is 1.57. The van der Waals surface area contributed by atoms with Gasteiger partial charge in [0.15, 0.2) is 0 Å². The van der Waals surface area contributed by atoms with E-state index in [2.05, 4.69) is 6.07 Å². The molecule has 102 valence electrons. The molecule has 0 heterocycles. The average molecular weight is 305 g/mol. The number of anilines is 1. The maximum atomic E-state index is 8.70. The quantitative estimate of drug-likeness (QED) is 0.516. The SMILES string of the molecule is N#Cc1ccc(OCCSc2cc(N)ccc2Cl)cc1. The van der Waals surface area contributed by atoms with Crippen LogP contribution in [0.1, 0.15) is 5.56 Å². The normalized spacial score (nSPS) is 10.0. The Morgan fingerprint density at radius 3 is 2.65 bits per heavy atom. The smallest absolute Gasteiger partial charge is 0.119 e. The zero-order valence-electron chi connectivity index (χ0n) is 10.7. The molecular weight excluding hydrogens is 292 g/mol. The summed E-state index contributed by atoms with van der Waals surface area (Å²) in [7, 11) is 0. The van der Waals surface area contributed by atoms with Gasteiger partial charge in [0.05, 0.1) is 23.3 Å². The molecule has 20 heavy (non-hydrogen) atoms. The number of halogens is 1. The Balaban J connectivity index is 1.81. The van der Waals surface area contributed by atoms with Gasteiger partial charge in [0.2, 0.25) is 0 Å². The molecule has 2 N–H and O–H groups in total. The molecule has 0 aromatic heterocycles. The number of nitrogen functional groups attached to an aromatic ring is 1. The lowest BCUT2D eigenvalue weighted by Gasteiger charge is -2.07. The highest BCUT2D eigenvalue weighted by Crippen LogP contribution is 2.28. The Bertz CT molecular complexity index is 623. The van der Waals surface area contributed by atoms with E-state index in [4.69, 9.17) is 27.3 Å². The summed E-state index contributed by atoms with van der Waals surface area (Å²) < 4.78 is 5.59. The van der Waals surface area contributed by atoms with E-state index in [9.17, 15) is 0 Å². The van der Waals surface area contributed by atoms with Crippen molar-refractivity contribution in [3.8, 4) is 11.8 Å². The Morgan fingerprint density at radius 2 is 1.95 bits per heavy atom. The molecule has 2 rings (SSSR count). The van der Waals surface area contributed by atoms with Crippen LogP contribution in [0.4, 0.5) is 5.69 Å². The van der Waals surface area contributed by atoms with Gasteiger partial charge >= 0.3 is 0 Å². The molecule has 0 radical (unpaired) electrons. The third-order valence-electron chi connectivity index (χ3n) is 2.55. The van der Waals surface area contributed by atoms with Crippen molar-refractivity contribution in [3.63, 3.8) is 0 Å². The van der Waals surface area contributed by atoms with Gasteiger partial charge in [-0.15, -0.1) is 11.8 Å². The van der Waals surface area contributed by atoms with Crippen molar-refractivity contribution in [1.29, 1.82) is 5.26 Å². The van der Waals surface area contributed by atoms with Crippen molar-refractivity contribution in [3.05, 3.63) is 53.1 Å². The van der Waals surface area contributed by atoms with Gasteiger partial charge in [0.1, 0.15) is 5.75 Å². The summed E-state index contributed by atoms with van der Waals surface area (Å²) >= 11 is 7.68. The molecule has 0 spiro atoms. The Morgan fingerprint density at radius 1 is 1.20 bits per heavy atom. The minimum absolute atomic E-state index is 0.557. The molecule has 0 atom stereocenters. The molecule has 2 aromatic carbocycles. The first-order chi connectivity index (χ1) is 9.69. The fraction of sp³-hybridized carbons (Fsp3) is 0.133. The zero-order valence-corrected chi connectivity index (χ0v) is 12.2. The van der Waals surface area contributed by atoms with Crippen molar-refractivity contribution in [2.24, 2.45) is 0 Å². The topological polar surface area (TPSA) is 59.0 Å². The van der Waals surface area contributed by atoms with Crippen LogP contribution in [0.25, 0.3) is 0 Å². The molecule has 0 unspecified atom stereocenters. The van der Waals surface area contributed by atoms with E-state index in [0.29, 0.717) is 22.9 Å². The summed E-state index contributed by atoms with van der Waals surface area (Å²) in [5, 5.41) is 9.40. The number of hydrogen-bond acceptors (Lipinski definition) is 4. The standard InChI is InChI=1S/C15H13ClN2OS/c16-14-6-3-12(18)9-15(14)20-8-7-19-13-4-1-11(10-17)2-5-13/h1-6,9H,7-8,18H2. The van der Waals surface area contributed by atoms with Gasteiger partial charge in [-0.25, -0.2) is 0 Å². The second-order valence-electron chi connectivity index (χ2n) is 4.02. The number of benzene rings is 2. The first-order valence-corrected chi connectivity index (χ1v) is 7.36. The lowest BCUT2D eigenvalue weighted by atomic mass is 10.2. The molecule has 0 amide bonds. The van der Waals surface area contributed by atoms with E-state index in [-0.39, 0.29) is 0 Å². The highest BCUT2D eigenvalue weighted by atomic mass is 35.5. The summed E-state index contributed by atoms with van der Waals surface area (Å²) in [6.45, 7) is 0.557. The third kappa shape index (κ3) is 4.09. The van der Waals surface area contributed by atoms with Gasteiger partial charge in [0.25, 0.3) is 0 Å². The van der Waals surface area contributed by atoms with Crippen LogP contribution in [0.5, 0.6) is 5.75 Å². The third-order valence-corrected chi connectivity index (χ3v) is 4.01. The largest absolute Gasteiger partial charge is 0.493 e. The van der Waals surface area contributed by atoms with E-state index in [1.165, 1.54) is 0 Å². The van der Waals surface area contributed by atoms with Crippen LogP contribution in [0, 0.1) is 11.3 Å². The number of nitrogens with zero attached hydrogens (tertiary/aromatic N) is 1. The van der Waals surface area contributed by atoms with Gasteiger partial charge in [-0.2, -0.15) is 5.26 Å². The summed E-state index contributed by atoms with van der Waals surface area (Å²) in [5.41, 5.74) is 7.04. The van der Waals surface area contributed by atoms with E-state index in [1.807, 2.05) is 6.07 Å². The molecule has 0 fully saturated rings. The van der Waals surface area contributed by atoms with Crippen LogP contribution in [-0.4, -0.2) is 12.4 Å². The summed E-state index contributed by atoms with van der Waals surface area (Å²) in [6, 6.07) is 14.5. The molecular formula is C15H13ClN2OS. The monoisotopic (exact) mass is 304 g/mol. The summed E-state index contributed by atoms with van der Waals surface area (Å²) in [5.74, 6) is 1.52. The number of hydrogen-bond donors (Lipinski definition) is 1. The Labute approximate surface area is 127 Å². The lowest BCUT2D eigenvalue weighted by Crippen LogP contribution is -2.00. The van der Waals surface area contributed by atoms with Crippen LogP contribution in [0.3, 0.4) is 0 Å². The van der Waals surface area contributed by atoms with Crippen LogP contribution in [0.15, 0.2) is 47.4 Å². The van der Waals surface area contributed by atoms with Gasteiger partial charge in [-0.05, 0) is 42.5 Å². The number of ether oxygens (including phenoxy) is 1. The van der Waals surface area contributed by atoms with Crippen LogP contribution in [-0.2, 0) is 0 Å². The van der Waals surface area contributed by atoms with E-state index in [1.54, 1.807) is 48.2 Å². The number of rotatable bonds is 5. The minimum Gasteiger partial charge on any atom is -0.493 e. The zero-order chi connectivity index (χ0) is 14.4. The second-order valence-corrected chi connectivity index (χ2v) is 5.57. The van der Waals surface area contributed by atoms with Crippen molar-refractivity contribution in [2.45, 2.75) is 4.90 Å². The predicted molar refractivity (Wildman–Crippen MR) is 83.2 cm³/mol. The first kappa shape index (κ1) is 14.6. The molecule has 2 aromatic rings. The summed E-state index contributed by atoms with van der Waals surface area (Å²) in [6.07, 6.45) is 0. The van der Waals surface area contributed by atoms with Gasteiger partial charge in [0, 0.05) is 16.3 Å². The summed E-state index contributed by atoms with van der Waals surface area (Å²) in [4.78, 5) is 0.954. The van der Waals surface area contributed by atoms with E-state index in [0.717, 1.165) is 16.4 Å². The molecule has 0 aliphatic rings. The molecule has 0 aliphatic heterocycles. The number of nitriles is 1. The fourth-order valence-corrected chi connectivity index (χ4v) is 2.66. The number of nitrogens with two attached hydrogens (primary N) is 1. The van der Waals surface area contributed by atoms with E-state index >= 15 is 0 Å². The highest BCUT2D eigenvalue weighted by molar-refractivity contribution is 7.99. The van der Waals surface area contributed by atoms with Crippen molar-refractivity contribution >= 4 is 29.1 Å². The maximum Gasteiger partial charge on any atom is 0.119 e. The molecule has 0 bridgehead atoms. The molecule has 0 saturated carbocycles. The number of thioether (sulfide) groups is 1. The average Bonchev–Trinajstić information content (AvgIpc) is 2.47. The minimum atomic E-state index is 0.557. The highest BCUT2D eigenvalue weighted by Gasteiger charge is 2.02. The van der Waals surface area contributed by atoms with E-state index < -0.39 is 0 Å². The van der Waals surface area contributed by atoms with Gasteiger partial charge in [-0.1, -0.05) is 11.6 Å². The Kier molecular flexibility index (Phi) is 5.16. The van der Waals surface area contributed by atoms with Crippen LogP contribution < -0.4 is 10.5 Å². The van der Waals surface area contributed by atoms with Gasteiger partial charge < -0.3 is 10.5 Å². The van der Waals surface area contributed by atoms with Crippen LogP contribution >= 0.6 is 23.4 Å². The van der Waals surface area contributed by atoms with Gasteiger partial charge in [-0.3, -0.25) is 0 Å². The molecule has 5 heteroatoms.